The number of rotatable bonds is 4. The van der Waals surface area contributed by atoms with Crippen molar-refractivity contribution in [1.82, 2.24) is 4.31 Å². The van der Waals surface area contributed by atoms with Crippen LogP contribution >= 0.6 is 12.4 Å². The van der Waals surface area contributed by atoms with E-state index < -0.39 is 10.0 Å². The molecular weight excluding hydrogens is 324 g/mol. The molecule has 1 aliphatic heterocycles. The van der Waals surface area contributed by atoms with Gasteiger partial charge in [0.2, 0.25) is 10.0 Å². The second kappa shape index (κ2) is 7.17. The summed E-state index contributed by atoms with van der Waals surface area (Å²) in [6.45, 7) is 5.01. The van der Waals surface area contributed by atoms with E-state index in [2.05, 4.69) is 0 Å². The van der Waals surface area contributed by atoms with Crippen LogP contribution in [0.25, 0.3) is 0 Å². The molecule has 1 heterocycles. The molecule has 7 heteroatoms. The van der Waals surface area contributed by atoms with Crippen LogP contribution in [0.1, 0.15) is 25.8 Å². The second-order valence-corrected chi connectivity index (χ2v) is 8.29. The number of nitrogens with two attached hydrogens (primary N) is 1. The summed E-state index contributed by atoms with van der Waals surface area (Å²) >= 11 is 0. The summed E-state index contributed by atoms with van der Waals surface area (Å²) < 4.78 is 31.9. The van der Waals surface area contributed by atoms with Crippen molar-refractivity contribution in [1.29, 1.82) is 0 Å². The molecule has 126 valence electrons. The predicted octanol–water partition coefficient (Wildman–Crippen LogP) is 2.01. The van der Waals surface area contributed by atoms with Gasteiger partial charge in [0, 0.05) is 19.1 Å². The first-order valence-corrected chi connectivity index (χ1v) is 8.72. The molecule has 1 fully saturated rings. The maximum absolute atomic E-state index is 12.6. The molecule has 1 aliphatic rings. The van der Waals surface area contributed by atoms with Gasteiger partial charge in [0.15, 0.2) is 0 Å². The molecule has 1 saturated heterocycles. The van der Waals surface area contributed by atoms with Crippen molar-refractivity contribution in [2.75, 3.05) is 20.2 Å². The average Bonchev–Trinajstić information content (AvgIpc) is 2.41. The SMILES string of the molecule is COc1cccc(CS(=O)(=O)N2CCC(N)C(C)(C)C2)c1.Cl. The van der Waals surface area contributed by atoms with Crippen LogP contribution in [0.3, 0.4) is 0 Å². The third-order valence-corrected chi connectivity index (χ3v) is 5.95. The predicted molar refractivity (Wildman–Crippen MR) is 90.8 cm³/mol. The number of methoxy groups -OCH3 is 1. The van der Waals surface area contributed by atoms with E-state index in [1.54, 1.807) is 35.7 Å². The van der Waals surface area contributed by atoms with Gasteiger partial charge in [-0.05, 0) is 29.5 Å². The van der Waals surface area contributed by atoms with Crippen molar-refractivity contribution < 1.29 is 13.2 Å². The van der Waals surface area contributed by atoms with Crippen LogP contribution in [0.2, 0.25) is 0 Å². The van der Waals surface area contributed by atoms with Gasteiger partial charge in [-0.1, -0.05) is 26.0 Å². The van der Waals surface area contributed by atoms with Gasteiger partial charge in [-0.15, -0.1) is 12.4 Å². The van der Waals surface area contributed by atoms with Gasteiger partial charge in [-0.2, -0.15) is 0 Å². The maximum Gasteiger partial charge on any atom is 0.218 e. The first-order chi connectivity index (χ1) is 9.74. The molecule has 0 radical (unpaired) electrons. The van der Waals surface area contributed by atoms with E-state index in [1.165, 1.54) is 0 Å². The Hall–Kier alpha value is -0.820. The van der Waals surface area contributed by atoms with Gasteiger partial charge in [-0.25, -0.2) is 12.7 Å². The number of ether oxygens (including phenoxy) is 1. The van der Waals surface area contributed by atoms with Gasteiger partial charge < -0.3 is 10.5 Å². The molecule has 0 aliphatic carbocycles. The summed E-state index contributed by atoms with van der Waals surface area (Å²) in [7, 11) is -1.76. The Morgan fingerprint density at radius 1 is 1.41 bits per heavy atom. The highest BCUT2D eigenvalue weighted by atomic mass is 35.5. The van der Waals surface area contributed by atoms with Gasteiger partial charge >= 0.3 is 0 Å². The summed E-state index contributed by atoms with van der Waals surface area (Å²) in [4.78, 5) is 0. The maximum atomic E-state index is 12.6. The molecule has 1 unspecified atom stereocenters. The fourth-order valence-electron chi connectivity index (χ4n) is 2.63. The molecule has 0 saturated carbocycles. The van der Waals surface area contributed by atoms with Crippen LogP contribution < -0.4 is 10.5 Å². The molecule has 5 nitrogen and oxygen atoms in total. The molecule has 0 bridgehead atoms. The van der Waals surface area contributed by atoms with Gasteiger partial charge in [0.1, 0.15) is 5.75 Å². The Morgan fingerprint density at radius 2 is 2.09 bits per heavy atom. The second-order valence-electron chi connectivity index (χ2n) is 6.33. The van der Waals surface area contributed by atoms with Crippen LogP contribution in [-0.4, -0.2) is 39.0 Å². The van der Waals surface area contributed by atoms with Crippen LogP contribution in [-0.2, 0) is 15.8 Å². The Balaban J connectivity index is 0.00000242. The minimum atomic E-state index is -3.33. The van der Waals surface area contributed by atoms with E-state index in [0.717, 1.165) is 5.56 Å². The molecule has 0 spiro atoms. The summed E-state index contributed by atoms with van der Waals surface area (Å²) in [6.07, 6.45) is 0.699. The van der Waals surface area contributed by atoms with Crippen LogP contribution in [0.15, 0.2) is 24.3 Å². The minimum absolute atomic E-state index is 0. The fraction of sp³-hybridized carbons (Fsp3) is 0.600. The zero-order valence-electron chi connectivity index (χ0n) is 13.3. The van der Waals surface area contributed by atoms with Crippen LogP contribution in [0.4, 0.5) is 0 Å². The number of sulfonamides is 1. The molecule has 1 aromatic rings. The number of benzene rings is 1. The fourth-order valence-corrected chi connectivity index (χ4v) is 4.32. The normalized spacial score (nSPS) is 21.9. The summed E-state index contributed by atoms with van der Waals surface area (Å²) in [5, 5.41) is 0. The molecule has 0 aromatic heterocycles. The Labute approximate surface area is 139 Å². The quantitative estimate of drug-likeness (QED) is 0.903. The highest BCUT2D eigenvalue weighted by molar-refractivity contribution is 7.88. The Bertz CT molecular complexity index is 605. The molecule has 1 atom stereocenters. The summed E-state index contributed by atoms with van der Waals surface area (Å²) in [5.74, 6) is 0.666. The molecule has 2 N–H and O–H groups in total. The smallest absolute Gasteiger partial charge is 0.218 e. The number of hydrogen-bond acceptors (Lipinski definition) is 4. The topological polar surface area (TPSA) is 72.6 Å². The van der Waals surface area contributed by atoms with E-state index in [-0.39, 0.29) is 29.6 Å². The third kappa shape index (κ3) is 4.35. The molecule has 22 heavy (non-hydrogen) atoms. The van der Waals surface area contributed by atoms with Crippen LogP contribution in [0.5, 0.6) is 5.75 Å². The van der Waals surface area contributed by atoms with E-state index in [9.17, 15) is 8.42 Å². The van der Waals surface area contributed by atoms with E-state index in [0.29, 0.717) is 25.3 Å². The van der Waals surface area contributed by atoms with Gasteiger partial charge in [0.05, 0.1) is 12.9 Å². The van der Waals surface area contributed by atoms with Gasteiger partial charge in [-0.3, -0.25) is 0 Å². The lowest BCUT2D eigenvalue weighted by Gasteiger charge is -2.41. The largest absolute Gasteiger partial charge is 0.497 e. The van der Waals surface area contributed by atoms with Crippen molar-refractivity contribution in [2.45, 2.75) is 32.1 Å². The Morgan fingerprint density at radius 3 is 2.68 bits per heavy atom. The zero-order chi connectivity index (χ0) is 15.7. The lowest BCUT2D eigenvalue weighted by atomic mass is 9.81. The van der Waals surface area contributed by atoms with Crippen molar-refractivity contribution in [3.8, 4) is 5.75 Å². The van der Waals surface area contributed by atoms with Crippen molar-refractivity contribution >= 4 is 22.4 Å². The van der Waals surface area contributed by atoms with Crippen molar-refractivity contribution in [3.63, 3.8) is 0 Å². The number of piperidine rings is 1. The average molecular weight is 349 g/mol. The molecule has 0 amide bonds. The van der Waals surface area contributed by atoms with Crippen LogP contribution in [0, 0.1) is 5.41 Å². The lowest BCUT2D eigenvalue weighted by Crippen LogP contribution is -2.54. The number of hydrogen-bond donors (Lipinski definition) is 1. The molecule has 1 aromatic carbocycles. The summed E-state index contributed by atoms with van der Waals surface area (Å²) in [6, 6.07) is 7.22. The van der Waals surface area contributed by atoms with Crippen molar-refractivity contribution in [2.24, 2.45) is 11.1 Å². The lowest BCUT2D eigenvalue weighted by molar-refractivity contribution is 0.155. The molecule has 2 rings (SSSR count). The van der Waals surface area contributed by atoms with Gasteiger partial charge in [0.25, 0.3) is 0 Å². The monoisotopic (exact) mass is 348 g/mol. The van der Waals surface area contributed by atoms with E-state index >= 15 is 0 Å². The third-order valence-electron chi connectivity index (χ3n) is 4.15. The minimum Gasteiger partial charge on any atom is -0.497 e. The highest BCUT2D eigenvalue weighted by Crippen LogP contribution is 2.30. The molecular formula is C15H25ClN2O3S. The standard InChI is InChI=1S/C15H24N2O3S.ClH/c1-15(2)11-17(8-7-14(15)16)21(18,19)10-12-5-4-6-13(9-12)20-3;/h4-6,9,14H,7-8,10-11,16H2,1-3H3;1H. The summed E-state index contributed by atoms with van der Waals surface area (Å²) in [5.41, 5.74) is 6.61. The first-order valence-electron chi connectivity index (χ1n) is 7.11. The Kier molecular flexibility index (Phi) is 6.27. The number of halogens is 1. The highest BCUT2D eigenvalue weighted by Gasteiger charge is 2.38. The van der Waals surface area contributed by atoms with Crippen molar-refractivity contribution in [3.05, 3.63) is 29.8 Å². The van der Waals surface area contributed by atoms with E-state index in [4.69, 9.17) is 10.5 Å². The first kappa shape index (κ1) is 19.2. The van der Waals surface area contributed by atoms with E-state index in [1.807, 2.05) is 13.8 Å². The zero-order valence-corrected chi connectivity index (χ0v) is 14.9. The number of nitrogens with zero attached hydrogens (tertiary/aromatic N) is 1.